The van der Waals surface area contributed by atoms with Crippen LogP contribution in [0, 0.1) is 17.7 Å². The van der Waals surface area contributed by atoms with Gasteiger partial charge >= 0.3 is 5.97 Å². The van der Waals surface area contributed by atoms with Gasteiger partial charge in [0, 0.05) is 35.9 Å². The van der Waals surface area contributed by atoms with Gasteiger partial charge in [-0.2, -0.15) is 0 Å². The van der Waals surface area contributed by atoms with Crippen molar-refractivity contribution in [2.75, 3.05) is 12.4 Å². The van der Waals surface area contributed by atoms with E-state index in [4.69, 9.17) is 9.84 Å². The molecule has 6 nitrogen and oxygen atoms in total. The highest BCUT2D eigenvalue weighted by atomic mass is 19.1. The topological polar surface area (TPSA) is 91.4 Å². The zero-order valence-corrected chi connectivity index (χ0v) is 14.6. The Balaban J connectivity index is 1.98. The zero-order valence-electron chi connectivity index (χ0n) is 14.6. The fraction of sp³-hybridized carbons (Fsp3) is 0.200. The fourth-order valence-corrected chi connectivity index (χ4v) is 2.86. The Bertz CT molecular complexity index is 995. The van der Waals surface area contributed by atoms with E-state index in [-0.39, 0.29) is 25.2 Å². The minimum absolute atomic E-state index is 0.0693. The van der Waals surface area contributed by atoms with Crippen molar-refractivity contribution in [3.63, 3.8) is 0 Å². The maximum atomic E-state index is 14.4. The van der Waals surface area contributed by atoms with Crippen LogP contribution in [0.2, 0.25) is 0 Å². The van der Waals surface area contributed by atoms with Gasteiger partial charge in [0.1, 0.15) is 11.6 Å². The van der Waals surface area contributed by atoms with Gasteiger partial charge < -0.3 is 20.1 Å². The van der Waals surface area contributed by atoms with E-state index in [1.165, 1.54) is 19.2 Å². The number of carboxylic acids is 1. The molecule has 3 rings (SSSR count). The predicted octanol–water partition coefficient (Wildman–Crippen LogP) is 3.07. The number of methoxy groups -OCH3 is 1. The van der Waals surface area contributed by atoms with E-state index in [1.807, 2.05) is 0 Å². The van der Waals surface area contributed by atoms with Crippen molar-refractivity contribution in [1.29, 1.82) is 0 Å². The minimum Gasteiger partial charge on any atom is -0.495 e. The van der Waals surface area contributed by atoms with Gasteiger partial charge in [-0.15, -0.1) is 5.92 Å². The van der Waals surface area contributed by atoms with Crippen LogP contribution >= 0.6 is 0 Å². The summed E-state index contributed by atoms with van der Waals surface area (Å²) in [6, 6.07) is 4.52. The maximum Gasteiger partial charge on any atom is 0.304 e. The number of amides is 1. The van der Waals surface area contributed by atoms with Crippen molar-refractivity contribution in [3.8, 4) is 17.6 Å². The van der Waals surface area contributed by atoms with E-state index in [1.54, 1.807) is 18.3 Å². The summed E-state index contributed by atoms with van der Waals surface area (Å²) in [7, 11) is 1.52. The number of halogens is 1. The molecule has 0 saturated carbocycles. The lowest BCUT2D eigenvalue weighted by Crippen LogP contribution is -2.03. The number of hydrogen-bond donors (Lipinski definition) is 3. The van der Waals surface area contributed by atoms with Crippen LogP contribution in [0.25, 0.3) is 11.6 Å². The second kappa shape index (κ2) is 7.79. The van der Waals surface area contributed by atoms with E-state index < -0.39 is 11.8 Å². The lowest BCUT2D eigenvalue weighted by Gasteiger charge is -2.07. The Hall–Kier alpha value is -3.53. The highest BCUT2D eigenvalue weighted by Crippen LogP contribution is 2.38. The number of H-pyrrole nitrogens is 1. The smallest absolute Gasteiger partial charge is 0.304 e. The molecular weight excluding hydrogens is 351 g/mol. The SMILES string of the molecule is COc1cc[nH]c1C=C1C(=O)Nc2ccc(F)c(CC#CCCC(=O)O)c21. The molecule has 1 aliphatic heterocycles. The second-order valence-electron chi connectivity index (χ2n) is 5.84. The largest absolute Gasteiger partial charge is 0.495 e. The third-order valence-electron chi connectivity index (χ3n) is 4.12. The van der Waals surface area contributed by atoms with Crippen molar-refractivity contribution >= 4 is 29.2 Å². The summed E-state index contributed by atoms with van der Waals surface area (Å²) in [5.41, 5.74) is 2.18. The molecule has 0 unspecified atom stereocenters. The van der Waals surface area contributed by atoms with Crippen LogP contribution in [-0.2, 0) is 16.0 Å². The van der Waals surface area contributed by atoms with Gasteiger partial charge in [-0.3, -0.25) is 9.59 Å². The van der Waals surface area contributed by atoms with Crippen LogP contribution in [0.15, 0.2) is 24.4 Å². The molecule has 0 bridgehead atoms. The average Bonchev–Trinajstić information content (AvgIpc) is 3.21. The van der Waals surface area contributed by atoms with Gasteiger partial charge in [-0.1, -0.05) is 5.92 Å². The second-order valence-corrected chi connectivity index (χ2v) is 5.84. The number of fused-ring (bicyclic) bond motifs is 1. The lowest BCUT2D eigenvalue weighted by atomic mass is 9.97. The number of aromatic amines is 1. The Morgan fingerprint density at radius 2 is 2.15 bits per heavy atom. The number of nitrogens with one attached hydrogen (secondary N) is 2. The summed E-state index contributed by atoms with van der Waals surface area (Å²) in [4.78, 5) is 25.9. The standard InChI is InChI=1S/C20H17FN2O4/c1-27-17-9-10-22-16(17)11-13-19-12(5-3-2-4-6-18(24)25)14(21)7-8-15(19)23-20(13)26/h7-11,22H,4-6H2,1H3,(H,23,26)(H,24,25). The summed E-state index contributed by atoms with van der Waals surface area (Å²) in [6.07, 6.45) is 3.48. The molecule has 138 valence electrons. The number of hydrogen-bond acceptors (Lipinski definition) is 3. The van der Waals surface area contributed by atoms with Gasteiger partial charge in [0.05, 0.1) is 24.8 Å². The third-order valence-corrected chi connectivity index (χ3v) is 4.12. The summed E-state index contributed by atoms with van der Waals surface area (Å²) >= 11 is 0. The van der Waals surface area contributed by atoms with E-state index in [9.17, 15) is 14.0 Å². The molecule has 1 amide bonds. The van der Waals surface area contributed by atoms with Crippen LogP contribution in [0.3, 0.4) is 0 Å². The highest BCUT2D eigenvalue weighted by molar-refractivity contribution is 6.35. The quantitative estimate of drug-likeness (QED) is 0.559. The van der Waals surface area contributed by atoms with Crippen molar-refractivity contribution in [1.82, 2.24) is 4.98 Å². The highest BCUT2D eigenvalue weighted by Gasteiger charge is 2.28. The molecular formula is C20H17FN2O4. The first-order valence-corrected chi connectivity index (χ1v) is 8.25. The van der Waals surface area contributed by atoms with Crippen LogP contribution in [-0.4, -0.2) is 29.1 Å². The molecule has 0 atom stereocenters. The summed E-state index contributed by atoms with van der Waals surface area (Å²) in [6.45, 7) is 0. The summed E-state index contributed by atoms with van der Waals surface area (Å²) in [5, 5.41) is 11.4. The average molecular weight is 368 g/mol. The number of rotatable bonds is 5. The molecule has 1 aromatic heterocycles. The van der Waals surface area contributed by atoms with E-state index in [2.05, 4.69) is 22.1 Å². The van der Waals surface area contributed by atoms with Crippen molar-refractivity contribution in [2.45, 2.75) is 19.3 Å². The van der Waals surface area contributed by atoms with Gasteiger partial charge in [0.25, 0.3) is 5.91 Å². The Labute approximate surface area is 155 Å². The molecule has 27 heavy (non-hydrogen) atoms. The van der Waals surface area contributed by atoms with Crippen LogP contribution in [0.4, 0.5) is 10.1 Å². The van der Waals surface area contributed by atoms with Crippen LogP contribution < -0.4 is 10.1 Å². The van der Waals surface area contributed by atoms with Gasteiger partial charge in [-0.25, -0.2) is 4.39 Å². The molecule has 7 heteroatoms. The van der Waals surface area contributed by atoms with Gasteiger partial charge in [0.2, 0.25) is 0 Å². The Kier molecular flexibility index (Phi) is 5.27. The van der Waals surface area contributed by atoms with E-state index in [0.717, 1.165) is 0 Å². The first kappa shape index (κ1) is 18.3. The molecule has 1 aliphatic rings. The number of aromatic nitrogens is 1. The first-order valence-electron chi connectivity index (χ1n) is 8.25. The lowest BCUT2D eigenvalue weighted by molar-refractivity contribution is -0.136. The molecule has 0 radical (unpaired) electrons. The first-order chi connectivity index (χ1) is 13.0. The van der Waals surface area contributed by atoms with Gasteiger partial charge in [-0.05, 0) is 24.3 Å². The number of carbonyl (C=O) groups excluding carboxylic acids is 1. The number of carbonyl (C=O) groups is 2. The Morgan fingerprint density at radius 1 is 1.33 bits per heavy atom. The molecule has 2 heterocycles. The number of benzene rings is 1. The molecule has 0 saturated heterocycles. The van der Waals surface area contributed by atoms with Crippen molar-refractivity contribution in [3.05, 3.63) is 47.0 Å². The molecule has 0 fully saturated rings. The molecule has 3 N–H and O–H groups in total. The monoisotopic (exact) mass is 368 g/mol. The molecule has 1 aromatic carbocycles. The number of aliphatic carboxylic acids is 1. The van der Waals surface area contributed by atoms with Gasteiger partial charge in [0.15, 0.2) is 0 Å². The predicted molar refractivity (Wildman–Crippen MR) is 98.6 cm³/mol. The summed E-state index contributed by atoms with van der Waals surface area (Å²) in [5.74, 6) is 4.34. The third kappa shape index (κ3) is 3.85. The zero-order chi connectivity index (χ0) is 19.4. The molecule has 0 spiro atoms. The number of anilines is 1. The fourth-order valence-electron chi connectivity index (χ4n) is 2.86. The van der Waals surface area contributed by atoms with Crippen LogP contribution in [0.1, 0.15) is 29.7 Å². The van der Waals surface area contributed by atoms with E-state index in [0.29, 0.717) is 33.8 Å². The van der Waals surface area contributed by atoms with Crippen molar-refractivity contribution < 1.29 is 23.8 Å². The molecule has 0 aliphatic carbocycles. The summed E-state index contributed by atoms with van der Waals surface area (Å²) < 4.78 is 19.7. The number of ether oxygens (including phenoxy) is 1. The number of carboxylic acid groups (broad SMARTS) is 1. The van der Waals surface area contributed by atoms with Crippen molar-refractivity contribution in [2.24, 2.45) is 0 Å². The minimum atomic E-state index is -0.934. The Morgan fingerprint density at radius 3 is 2.89 bits per heavy atom. The molecule has 2 aromatic rings. The van der Waals surface area contributed by atoms with E-state index >= 15 is 0 Å². The normalized spacial score (nSPS) is 13.7. The van der Waals surface area contributed by atoms with Crippen LogP contribution in [0.5, 0.6) is 5.75 Å². The maximum absolute atomic E-state index is 14.4.